The van der Waals surface area contributed by atoms with Crippen LogP contribution in [0.5, 0.6) is 0 Å². The second-order valence-corrected chi connectivity index (χ2v) is 3.18. The number of carbonyl (C=O) groups is 2. The molecule has 0 atom stereocenters. The molecule has 2 amide bonds. The highest BCUT2D eigenvalue weighted by atomic mass is 16.4. The van der Waals surface area contributed by atoms with Crippen LogP contribution in [0, 0.1) is 0 Å². The van der Waals surface area contributed by atoms with Crippen LogP contribution in [0.25, 0.3) is 0 Å². The van der Waals surface area contributed by atoms with Crippen molar-refractivity contribution in [3.63, 3.8) is 0 Å². The average Bonchev–Trinajstić information content (AvgIpc) is 2.20. The van der Waals surface area contributed by atoms with Crippen molar-refractivity contribution in [2.24, 2.45) is 0 Å². The van der Waals surface area contributed by atoms with Crippen molar-refractivity contribution in [2.45, 2.75) is 27.2 Å². The van der Waals surface area contributed by atoms with Crippen LogP contribution in [-0.4, -0.2) is 53.1 Å². The molecule has 15 heavy (non-hydrogen) atoms. The number of hydrogen-bond donors (Lipinski definition) is 1. The fraction of sp³-hybridized carbons (Fsp3) is 0.800. The Bertz CT molecular complexity index is 215. The van der Waals surface area contributed by atoms with E-state index < -0.39 is 5.97 Å². The van der Waals surface area contributed by atoms with Crippen molar-refractivity contribution in [3.05, 3.63) is 0 Å². The van der Waals surface area contributed by atoms with Crippen LogP contribution in [0.15, 0.2) is 0 Å². The molecule has 5 nitrogen and oxygen atoms in total. The molecule has 1 N–H and O–H groups in total. The van der Waals surface area contributed by atoms with Crippen LogP contribution >= 0.6 is 0 Å². The summed E-state index contributed by atoms with van der Waals surface area (Å²) in [7, 11) is 0. The van der Waals surface area contributed by atoms with Crippen LogP contribution < -0.4 is 0 Å². The second-order valence-electron chi connectivity index (χ2n) is 3.18. The summed E-state index contributed by atoms with van der Waals surface area (Å²) < 4.78 is 0. The lowest BCUT2D eigenvalue weighted by molar-refractivity contribution is -0.137. The van der Waals surface area contributed by atoms with E-state index in [1.54, 1.807) is 9.80 Å². The molecule has 0 rings (SSSR count). The molecular weight excluding hydrogens is 196 g/mol. The molecule has 5 heteroatoms. The van der Waals surface area contributed by atoms with Crippen molar-refractivity contribution in [2.75, 3.05) is 26.2 Å². The summed E-state index contributed by atoms with van der Waals surface area (Å²) in [4.78, 5) is 25.5. The molecule has 0 aliphatic heterocycles. The minimum absolute atomic E-state index is 0.000842. The summed E-state index contributed by atoms with van der Waals surface area (Å²) >= 11 is 0. The van der Waals surface area contributed by atoms with E-state index >= 15 is 0 Å². The highest BCUT2D eigenvalue weighted by Gasteiger charge is 2.17. The van der Waals surface area contributed by atoms with Gasteiger partial charge in [0.15, 0.2) is 0 Å². The normalized spacial score (nSPS) is 9.80. The van der Waals surface area contributed by atoms with E-state index in [2.05, 4.69) is 0 Å². The molecule has 0 aliphatic carbocycles. The van der Waals surface area contributed by atoms with Crippen LogP contribution in [0.1, 0.15) is 27.2 Å². The third-order valence-electron chi connectivity index (χ3n) is 2.28. The Kier molecular flexibility index (Phi) is 6.49. The molecule has 0 aromatic carbocycles. The summed E-state index contributed by atoms with van der Waals surface area (Å²) in [5.74, 6) is -0.874. The van der Waals surface area contributed by atoms with Crippen molar-refractivity contribution in [1.82, 2.24) is 9.80 Å². The van der Waals surface area contributed by atoms with Crippen molar-refractivity contribution < 1.29 is 14.7 Å². The molecule has 0 spiro atoms. The Labute approximate surface area is 90.7 Å². The van der Waals surface area contributed by atoms with Gasteiger partial charge in [-0.25, -0.2) is 4.79 Å². The van der Waals surface area contributed by atoms with Gasteiger partial charge in [0, 0.05) is 26.2 Å². The van der Waals surface area contributed by atoms with E-state index in [0.717, 1.165) is 0 Å². The largest absolute Gasteiger partial charge is 0.481 e. The van der Waals surface area contributed by atoms with E-state index in [1.807, 2.05) is 20.8 Å². The number of amides is 2. The smallest absolute Gasteiger partial charge is 0.319 e. The molecule has 0 aromatic rings. The first-order valence-corrected chi connectivity index (χ1v) is 5.32. The minimum atomic E-state index is -0.874. The third kappa shape index (κ3) is 4.67. The highest BCUT2D eigenvalue weighted by molar-refractivity contribution is 5.75. The average molecular weight is 216 g/mol. The quantitative estimate of drug-likeness (QED) is 0.726. The minimum Gasteiger partial charge on any atom is -0.481 e. The first-order chi connectivity index (χ1) is 7.06. The van der Waals surface area contributed by atoms with E-state index in [1.165, 1.54) is 0 Å². The zero-order chi connectivity index (χ0) is 11.8. The van der Waals surface area contributed by atoms with Gasteiger partial charge in [0.25, 0.3) is 0 Å². The summed E-state index contributed by atoms with van der Waals surface area (Å²) in [6.07, 6.45) is 0.000842. The number of nitrogens with zero attached hydrogens (tertiary/aromatic N) is 2. The Morgan fingerprint density at radius 2 is 1.47 bits per heavy atom. The maximum Gasteiger partial charge on any atom is 0.319 e. The molecule has 0 aromatic heterocycles. The molecule has 0 fully saturated rings. The molecule has 0 radical (unpaired) electrons. The zero-order valence-electron chi connectivity index (χ0n) is 9.69. The van der Waals surface area contributed by atoms with Gasteiger partial charge in [-0.1, -0.05) is 0 Å². The molecule has 0 saturated heterocycles. The fourth-order valence-corrected chi connectivity index (χ4v) is 1.31. The molecule has 0 unspecified atom stereocenters. The Morgan fingerprint density at radius 3 is 1.80 bits per heavy atom. The van der Waals surface area contributed by atoms with Gasteiger partial charge in [0.2, 0.25) is 0 Å². The SMILES string of the molecule is CCN(CC)C(=O)N(CC)CCC(=O)O. The standard InChI is InChI=1S/C10H20N2O3/c1-4-11(5-2)10(15)12(6-3)8-7-9(13)14/h4-8H2,1-3H3,(H,13,14). The number of carboxylic acids is 1. The van der Waals surface area contributed by atoms with Gasteiger partial charge in [-0.05, 0) is 20.8 Å². The van der Waals surface area contributed by atoms with Gasteiger partial charge >= 0.3 is 12.0 Å². The maximum absolute atomic E-state index is 11.8. The lowest BCUT2D eigenvalue weighted by atomic mass is 10.4. The van der Waals surface area contributed by atoms with E-state index in [-0.39, 0.29) is 19.0 Å². The third-order valence-corrected chi connectivity index (χ3v) is 2.28. The highest BCUT2D eigenvalue weighted by Crippen LogP contribution is 2.00. The fourth-order valence-electron chi connectivity index (χ4n) is 1.31. The Balaban J connectivity index is 4.25. The van der Waals surface area contributed by atoms with Gasteiger partial charge in [0.05, 0.1) is 6.42 Å². The molecule has 0 heterocycles. The molecule has 0 bridgehead atoms. The monoisotopic (exact) mass is 216 g/mol. The predicted molar refractivity (Wildman–Crippen MR) is 57.8 cm³/mol. The summed E-state index contributed by atoms with van der Waals surface area (Å²) in [6, 6.07) is -0.0799. The lowest BCUT2D eigenvalue weighted by Crippen LogP contribution is -2.43. The van der Waals surface area contributed by atoms with Crippen molar-refractivity contribution in [1.29, 1.82) is 0 Å². The summed E-state index contributed by atoms with van der Waals surface area (Å²) in [5.41, 5.74) is 0. The first kappa shape index (κ1) is 13.7. The van der Waals surface area contributed by atoms with Gasteiger partial charge < -0.3 is 14.9 Å². The summed E-state index contributed by atoms with van der Waals surface area (Å²) in [5, 5.41) is 8.54. The van der Waals surface area contributed by atoms with E-state index in [0.29, 0.717) is 19.6 Å². The number of carboxylic acid groups (broad SMARTS) is 1. The molecule has 0 aliphatic rings. The topological polar surface area (TPSA) is 60.9 Å². The van der Waals surface area contributed by atoms with Gasteiger partial charge in [-0.3, -0.25) is 4.79 Å². The van der Waals surface area contributed by atoms with E-state index in [4.69, 9.17) is 5.11 Å². The lowest BCUT2D eigenvalue weighted by Gasteiger charge is -2.27. The first-order valence-electron chi connectivity index (χ1n) is 5.32. The predicted octanol–water partition coefficient (Wildman–Crippen LogP) is 1.24. The van der Waals surface area contributed by atoms with Crippen molar-refractivity contribution in [3.8, 4) is 0 Å². The number of urea groups is 1. The van der Waals surface area contributed by atoms with Crippen LogP contribution in [0.4, 0.5) is 4.79 Å². The molecule has 0 saturated carbocycles. The maximum atomic E-state index is 11.8. The number of hydrogen-bond acceptors (Lipinski definition) is 2. The van der Waals surface area contributed by atoms with Crippen molar-refractivity contribution >= 4 is 12.0 Å². The number of aliphatic carboxylic acids is 1. The second kappa shape index (κ2) is 7.09. The van der Waals surface area contributed by atoms with Crippen LogP contribution in [-0.2, 0) is 4.79 Å². The van der Waals surface area contributed by atoms with Gasteiger partial charge in [-0.2, -0.15) is 0 Å². The molecule has 88 valence electrons. The Hall–Kier alpha value is -1.26. The number of rotatable bonds is 6. The van der Waals surface area contributed by atoms with E-state index in [9.17, 15) is 9.59 Å². The summed E-state index contributed by atoms with van der Waals surface area (Å²) in [6.45, 7) is 7.80. The van der Waals surface area contributed by atoms with Gasteiger partial charge in [0.1, 0.15) is 0 Å². The number of carbonyl (C=O) groups excluding carboxylic acids is 1. The van der Waals surface area contributed by atoms with Gasteiger partial charge in [-0.15, -0.1) is 0 Å². The van der Waals surface area contributed by atoms with Crippen LogP contribution in [0.3, 0.4) is 0 Å². The molecular formula is C10H20N2O3. The zero-order valence-corrected chi connectivity index (χ0v) is 9.69. The van der Waals surface area contributed by atoms with Crippen LogP contribution in [0.2, 0.25) is 0 Å². The Morgan fingerprint density at radius 1 is 1.00 bits per heavy atom.